The zero-order valence-electron chi connectivity index (χ0n) is 9.77. The van der Waals surface area contributed by atoms with Gasteiger partial charge in [0.25, 0.3) is 0 Å². The Morgan fingerprint density at radius 2 is 2.44 bits per heavy atom. The number of hydrogen-bond donors (Lipinski definition) is 1. The van der Waals surface area contributed by atoms with Crippen LogP contribution < -0.4 is 5.73 Å². The molecule has 2 aromatic rings. The van der Waals surface area contributed by atoms with E-state index in [2.05, 4.69) is 39.1 Å². The largest absolute Gasteiger partial charge is 0.383 e. The lowest BCUT2D eigenvalue weighted by molar-refractivity contribution is 0.182. The molecule has 18 heavy (non-hydrogen) atoms. The van der Waals surface area contributed by atoms with E-state index in [1.54, 1.807) is 29.3 Å². The maximum absolute atomic E-state index is 6.26. The molecule has 0 bridgehead atoms. The zero-order chi connectivity index (χ0) is 13.1. The molecular formula is C11H13ClIN3OS. The Balaban J connectivity index is 2.28. The SMILES string of the molecule is COCCn1ncc(Cl)c1C(N)c1csc(I)c1. The van der Waals surface area contributed by atoms with Crippen molar-refractivity contribution < 1.29 is 4.74 Å². The normalized spacial score (nSPS) is 12.9. The minimum absolute atomic E-state index is 0.253. The van der Waals surface area contributed by atoms with Crippen LogP contribution in [0.3, 0.4) is 0 Å². The number of thiophene rings is 1. The second kappa shape index (κ2) is 6.33. The fourth-order valence-corrected chi connectivity index (χ4v) is 3.35. The molecule has 0 radical (unpaired) electrons. The molecule has 0 aliphatic rings. The molecular weight excluding hydrogens is 385 g/mol. The second-order valence-corrected chi connectivity index (χ2v) is 6.97. The summed E-state index contributed by atoms with van der Waals surface area (Å²) in [6.07, 6.45) is 1.63. The molecule has 2 aromatic heterocycles. The van der Waals surface area contributed by atoms with E-state index < -0.39 is 0 Å². The fraction of sp³-hybridized carbons (Fsp3) is 0.364. The van der Waals surface area contributed by atoms with Crippen LogP contribution in [-0.4, -0.2) is 23.5 Å². The van der Waals surface area contributed by atoms with Crippen molar-refractivity contribution in [2.45, 2.75) is 12.6 Å². The topological polar surface area (TPSA) is 53.1 Å². The van der Waals surface area contributed by atoms with Gasteiger partial charge in [0.05, 0.1) is 39.0 Å². The van der Waals surface area contributed by atoms with Gasteiger partial charge in [0.15, 0.2) is 0 Å². The van der Waals surface area contributed by atoms with Gasteiger partial charge >= 0.3 is 0 Å². The first-order chi connectivity index (χ1) is 8.63. The lowest BCUT2D eigenvalue weighted by atomic mass is 10.1. The van der Waals surface area contributed by atoms with Crippen molar-refractivity contribution in [2.24, 2.45) is 5.73 Å². The third-order valence-corrected chi connectivity index (χ3v) is 4.68. The summed E-state index contributed by atoms with van der Waals surface area (Å²) in [5.74, 6) is 0. The molecule has 0 spiro atoms. The zero-order valence-corrected chi connectivity index (χ0v) is 13.5. The highest BCUT2D eigenvalue weighted by Gasteiger charge is 2.19. The number of hydrogen-bond acceptors (Lipinski definition) is 4. The van der Waals surface area contributed by atoms with Gasteiger partial charge in [-0.2, -0.15) is 5.10 Å². The summed E-state index contributed by atoms with van der Waals surface area (Å²) >= 11 is 10.1. The summed E-state index contributed by atoms with van der Waals surface area (Å²) in [7, 11) is 1.66. The molecule has 98 valence electrons. The number of nitrogens with zero attached hydrogens (tertiary/aromatic N) is 2. The molecule has 7 heteroatoms. The van der Waals surface area contributed by atoms with Crippen LogP contribution in [-0.2, 0) is 11.3 Å². The van der Waals surface area contributed by atoms with Crippen molar-refractivity contribution in [3.8, 4) is 0 Å². The fourth-order valence-electron chi connectivity index (χ4n) is 1.68. The van der Waals surface area contributed by atoms with Gasteiger partial charge in [0, 0.05) is 7.11 Å². The number of ether oxygens (including phenoxy) is 1. The van der Waals surface area contributed by atoms with Crippen LogP contribution in [0.1, 0.15) is 17.3 Å². The second-order valence-electron chi connectivity index (χ2n) is 3.76. The number of methoxy groups -OCH3 is 1. The predicted molar refractivity (Wildman–Crippen MR) is 82.2 cm³/mol. The van der Waals surface area contributed by atoms with Crippen molar-refractivity contribution in [3.05, 3.63) is 36.8 Å². The predicted octanol–water partition coefficient (Wildman–Crippen LogP) is 2.90. The van der Waals surface area contributed by atoms with Gasteiger partial charge in [0.1, 0.15) is 0 Å². The van der Waals surface area contributed by atoms with E-state index in [-0.39, 0.29) is 6.04 Å². The Labute approximate surface area is 128 Å². The maximum Gasteiger partial charge on any atom is 0.0837 e. The van der Waals surface area contributed by atoms with Crippen LogP contribution in [0, 0.1) is 2.88 Å². The minimum atomic E-state index is -0.253. The van der Waals surface area contributed by atoms with Gasteiger partial charge in [-0.15, -0.1) is 11.3 Å². The first kappa shape index (κ1) is 14.3. The van der Waals surface area contributed by atoms with E-state index in [0.717, 1.165) is 11.3 Å². The molecule has 0 aromatic carbocycles. The molecule has 0 saturated heterocycles. The Kier molecular flexibility index (Phi) is 5.02. The maximum atomic E-state index is 6.26. The quantitative estimate of drug-likeness (QED) is 0.789. The first-order valence-corrected chi connectivity index (χ1v) is 7.66. The molecule has 2 N–H and O–H groups in total. The molecule has 1 atom stereocenters. The van der Waals surface area contributed by atoms with E-state index in [1.807, 2.05) is 0 Å². The molecule has 0 aliphatic carbocycles. The van der Waals surface area contributed by atoms with E-state index >= 15 is 0 Å². The Morgan fingerprint density at radius 1 is 1.67 bits per heavy atom. The highest BCUT2D eigenvalue weighted by atomic mass is 127. The highest BCUT2D eigenvalue weighted by molar-refractivity contribution is 14.1. The van der Waals surface area contributed by atoms with Gasteiger partial charge in [-0.25, -0.2) is 0 Å². The van der Waals surface area contributed by atoms with Gasteiger partial charge in [0.2, 0.25) is 0 Å². The summed E-state index contributed by atoms with van der Waals surface area (Å²) < 4.78 is 8.07. The molecule has 0 saturated carbocycles. The molecule has 4 nitrogen and oxygen atoms in total. The van der Waals surface area contributed by atoms with E-state index in [0.29, 0.717) is 18.2 Å². The van der Waals surface area contributed by atoms with E-state index in [9.17, 15) is 0 Å². The summed E-state index contributed by atoms with van der Waals surface area (Å²) in [6, 6.07) is 1.82. The average molecular weight is 398 g/mol. The summed E-state index contributed by atoms with van der Waals surface area (Å²) in [6.45, 7) is 1.23. The van der Waals surface area contributed by atoms with Crippen molar-refractivity contribution in [3.63, 3.8) is 0 Å². The smallest absolute Gasteiger partial charge is 0.0837 e. The lowest BCUT2D eigenvalue weighted by Crippen LogP contribution is -2.19. The number of aromatic nitrogens is 2. The summed E-state index contributed by atoms with van der Waals surface area (Å²) in [5.41, 5.74) is 8.16. The van der Waals surface area contributed by atoms with Crippen LogP contribution in [0.25, 0.3) is 0 Å². The minimum Gasteiger partial charge on any atom is -0.383 e. The molecule has 0 amide bonds. The van der Waals surface area contributed by atoms with Crippen LogP contribution >= 0.6 is 45.5 Å². The van der Waals surface area contributed by atoms with Crippen LogP contribution in [0.15, 0.2) is 17.6 Å². The van der Waals surface area contributed by atoms with Crippen LogP contribution in [0.2, 0.25) is 5.02 Å². The Morgan fingerprint density at radius 3 is 3.06 bits per heavy atom. The Bertz CT molecular complexity index is 528. The van der Waals surface area contributed by atoms with Crippen molar-refractivity contribution >= 4 is 45.5 Å². The van der Waals surface area contributed by atoms with Crippen LogP contribution in [0.5, 0.6) is 0 Å². The summed E-state index contributed by atoms with van der Waals surface area (Å²) in [4.78, 5) is 0. The standard InChI is InChI=1S/C11H13ClIN3OS/c1-17-3-2-16-11(8(12)5-15-16)10(14)7-4-9(13)18-6-7/h4-6,10H,2-3,14H2,1H3. The van der Waals surface area contributed by atoms with Crippen molar-refractivity contribution in [1.29, 1.82) is 0 Å². The van der Waals surface area contributed by atoms with Crippen molar-refractivity contribution in [2.75, 3.05) is 13.7 Å². The van der Waals surface area contributed by atoms with E-state index in [4.69, 9.17) is 22.1 Å². The van der Waals surface area contributed by atoms with Gasteiger partial charge in [-0.3, -0.25) is 4.68 Å². The molecule has 0 fully saturated rings. The average Bonchev–Trinajstić information content (AvgIpc) is 2.92. The molecule has 0 aliphatic heterocycles. The molecule has 2 heterocycles. The number of halogens is 2. The lowest BCUT2D eigenvalue weighted by Gasteiger charge is -2.13. The van der Waals surface area contributed by atoms with Gasteiger partial charge in [-0.1, -0.05) is 11.6 Å². The molecule has 1 unspecified atom stereocenters. The monoisotopic (exact) mass is 397 g/mol. The number of nitrogens with two attached hydrogens (primary N) is 1. The van der Waals surface area contributed by atoms with Crippen LogP contribution in [0.4, 0.5) is 0 Å². The van der Waals surface area contributed by atoms with Crippen molar-refractivity contribution in [1.82, 2.24) is 9.78 Å². The third kappa shape index (κ3) is 3.05. The summed E-state index contributed by atoms with van der Waals surface area (Å²) in [5, 5.41) is 6.88. The third-order valence-electron chi connectivity index (χ3n) is 2.58. The molecule has 2 rings (SSSR count). The Hall–Kier alpha value is -0.150. The first-order valence-electron chi connectivity index (χ1n) is 5.33. The van der Waals surface area contributed by atoms with E-state index in [1.165, 1.54) is 2.88 Å². The number of rotatable bonds is 5. The van der Waals surface area contributed by atoms with Gasteiger partial charge in [-0.05, 0) is 39.6 Å². The highest BCUT2D eigenvalue weighted by Crippen LogP contribution is 2.29. The van der Waals surface area contributed by atoms with Gasteiger partial charge < -0.3 is 10.5 Å².